The van der Waals surface area contributed by atoms with Crippen molar-refractivity contribution in [3.63, 3.8) is 0 Å². The fourth-order valence-electron chi connectivity index (χ4n) is 5.29. The second kappa shape index (κ2) is 9.46. The molecule has 0 unspecified atom stereocenters. The van der Waals surface area contributed by atoms with Gasteiger partial charge in [-0.05, 0) is 80.3 Å². The minimum absolute atomic E-state index is 0.0405. The lowest BCUT2D eigenvalue weighted by Gasteiger charge is -2.53. The molecule has 0 saturated heterocycles. The lowest BCUT2D eigenvalue weighted by Crippen LogP contribution is -2.51. The summed E-state index contributed by atoms with van der Waals surface area (Å²) in [5, 5.41) is 11.1. The molecule has 5 nitrogen and oxygen atoms in total. The highest BCUT2D eigenvalue weighted by Crippen LogP contribution is 2.53. The van der Waals surface area contributed by atoms with Crippen LogP contribution in [0, 0.1) is 17.3 Å². The highest BCUT2D eigenvalue weighted by Gasteiger charge is 2.49. The molecule has 2 rings (SSSR count). The van der Waals surface area contributed by atoms with Crippen molar-refractivity contribution >= 4 is 11.9 Å². The third-order valence-electron chi connectivity index (χ3n) is 7.10. The summed E-state index contributed by atoms with van der Waals surface area (Å²) in [6.45, 7) is 13.8. The number of esters is 2. The van der Waals surface area contributed by atoms with Crippen LogP contribution in [0.25, 0.3) is 0 Å². The van der Waals surface area contributed by atoms with E-state index in [0.29, 0.717) is 18.8 Å². The monoisotopic (exact) mass is 406 g/mol. The molecule has 0 aromatic carbocycles. The van der Waals surface area contributed by atoms with Gasteiger partial charge >= 0.3 is 11.9 Å². The normalized spacial score (nSPS) is 34.8. The fourth-order valence-corrected chi connectivity index (χ4v) is 5.29. The average molecular weight is 407 g/mol. The minimum Gasteiger partial charge on any atom is -0.461 e. The largest absolute Gasteiger partial charge is 0.461 e. The fraction of sp³-hybridized carbons (Fsp3) is 0.750. The molecule has 0 aromatic rings. The maximum atomic E-state index is 11.6. The van der Waals surface area contributed by atoms with Crippen LogP contribution in [0.4, 0.5) is 0 Å². The van der Waals surface area contributed by atoms with Gasteiger partial charge in [0.15, 0.2) is 0 Å². The highest BCUT2D eigenvalue weighted by molar-refractivity contribution is 5.66. The summed E-state index contributed by atoms with van der Waals surface area (Å²) in [5.41, 5.74) is 1.18. The van der Waals surface area contributed by atoms with E-state index in [1.165, 1.54) is 13.8 Å². The number of allylic oxidation sites excluding steroid dienone is 1. The van der Waals surface area contributed by atoms with Crippen LogP contribution in [0.1, 0.15) is 79.6 Å². The standard InChI is InChI=1S/C24H38O5/c1-16-7-12-22-23(4,5)20(13-14-24(22,6)27)10-8-19(15-28-17(2)25)9-11-21(16)29-18(3)26/h8,20-22,27H,1,7,9-15H2,2-6H3/b19-8-/t20-,21+,22+,24+/m1/s1. The number of hydrogen-bond acceptors (Lipinski definition) is 5. The summed E-state index contributed by atoms with van der Waals surface area (Å²) < 4.78 is 10.8. The Hall–Kier alpha value is -1.62. The number of rotatable bonds is 3. The van der Waals surface area contributed by atoms with E-state index < -0.39 is 5.60 Å². The topological polar surface area (TPSA) is 72.8 Å². The second-order valence-electron chi connectivity index (χ2n) is 9.68. The average Bonchev–Trinajstić information content (AvgIpc) is 2.59. The van der Waals surface area contributed by atoms with E-state index >= 15 is 0 Å². The lowest BCUT2D eigenvalue weighted by molar-refractivity contribution is -0.145. The van der Waals surface area contributed by atoms with Crippen molar-refractivity contribution in [2.75, 3.05) is 6.61 Å². The Kier molecular flexibility index (Phi) is 7.72. The number of aliphatic hydroxyl groups is 1. The summed E-state index contributed by atoms with van der Waals surface area (Å²) >= 11 is 0. The molecule has 2 aliphatic carbocycles. The van der Waals surface area contributed by atoms with Gasteiger partial charge in [0, 0.05) is 13.8 Å². The summed E-state index contributed by atoms with van der Waals surface area (Å²) in [6, 6.07) is 0. The summed E-state index contributed by atoms with van der Waals surface area (Å²) in [4.78, 5) is 22.9. The molecule has 2 aliphatic rings. The molecule has 1 N–H and O–H groups in total. The Morgan fingerprint density at radius 3 is 2.45 bits per heavy atom. The molecule has 4 atom stereocenters. The van der Waals surface area contributed by atoms with Crippen LogP contribution in [-0.2, 0) is 19.1 Å². The molecule has 29 heavy (non-hydrogen) atoms. The van der Waals surface area contributed by atoms with Crippen molar-refractivity contribution in [3.05, 3.63) is 23.8 Å². The van der Waals surface area contributed by atoms with Gasteiger partial charge in [-0.15, -0.1) is 0 Å². The van der Waals surface area contributed by atoms with Gasteiger partial charge < -0.3 is 14.6 Å². The Morgan fingerprint density at radius 1 is 1.14 bits per heavy atom. The first kappa shape index (κ1) is 23.7. The number of carbonyl (C=O) groups excluding carboxylic acids is 2. The number of carbonyl (C=O) groups is 2. The van der Waals surface area contributed by atoms with E-state index in [1.807, 2.05) is 6.92 Å². The highest BCUT2D eigenvalue weighted by atomic mass is 16.5. The van der Waals surface area contributed by atoms with Crippen LogP contribution in [-0.4, -0.2) is 35.4 Å². The van der Waals surface area contributed by atoms with E-state index in [2.05, 4.69) is 26.5 Å². The van der Waals surface area contributed by atoms with Crippen LogP contribution in [0.2, 0.25) is 0 Å². The van der Waals surface area contributed by atoms with Gasteiger partial charge in [0.1, 0.15) is 12.7 Å². The zero-order valence-corrected chi connectivity index (χ0v) is 18.8. The van der Waals surface area contributed by atoms with Gasteiger partial charge in [0.25, 0.3) is 0 Å². The zero-order valence-electron chi connectivity index (χ0n) is 18.8. The molecule has 0 amide bonds. The van der Waals surface area contributed by atoms with Gasteiger partial charge in [-0.25, -0.2) is 0 Å². The Bertz CT molecular complexity index is 658. The van der Waals surface area contributed by atoms with Gasteiger partial charge in [-0.1, -0.05) is 26.5 Å². The maximum Gasteiger partial charge on any atom is 0.303 e. The zero-order chi connectivity index (χ0) is 21.8. The van der Waals surface area contributed by atoms with Crippen LogP contribution >= 0.6 is 0 Å². The van der Waals surface area contributed by atoms with Crippen LogP contribution in [0.3, 0.4) is 0 Å². The Morgan fingerprint density at radius 2 is 1.83 bits per heavy atom. The molecule has 0 aromatic heterocycles. The number of ether oxygens (including phenoxy) is 2. The van der Waals surface area contributed by atoms with Gasteiger partial charge in [-0.3, -0.25) is 9.59 Å². The van der Waals surface area contributed by atoms with E-state index in [1.54, 1.807) is 0 Å². The molecule has 1 fully saturated rings. The van der Waals surface area contributed by atoms with Crippen LogP contribution in [0.5, 0.6) is 0 Å². The molecular weight excluding hydrogens is 368 g/mol. The Balaban J connectivity index is 2.34. The smallest absolute Gasteiger partial charge is 0.303 e. The van der Waals surface area contributed by atoms with Crippen molar-refractivity contribution in [1.82, 2.24) is 0 Å². The van der Waals surface area contributed by atoms with E-state index in [9.17, 15) is 14.7 Å². The van der Waals surface area contributed by atoms with Crippen molar-refractivity contribution in [2.45, 2.75) is 91.3 Å². The van der Waals surface area contributed by atoms with Crippen LogP contribution in [0.15, 0.2) is 23.8 Å². The van der Waals surface area contributed by atoms with Crippen molar-refractivity contribution in [1.29, 1.82) is 0 Å². The maximum absolute atomic E-state index is 11.6. The SMILES string of the molecule is C=C1CC[C@H]2C(C)(C)[C@H](C/C=C(\COC(C)=O)CC[C@@H]1OC(C)=O)CC[C@]2(C)O. The third-order valence-corrected chi connectivity index (χ3v) is 7.10. The molecule has 0 aliphatic heterocycles. The summed E-state index contributed by atoms with van der Waals surface area (Å²) in [6.07, 6.45) is 7.36. The quantitative estimate of drug-likeness (QED) is 0.542. The summed E-state index contributed by atoms with van der Waals surface area (Å²) in [5.74, 6) is -0.0314. The Labute approximate surface area is 175 Å². The molecule has 164 valence electrons. The van der Waals surface area contributed by atoms with E-state index in [-0.39, 0.29) is 36.0 Å². The molecular formula is C24H38O5. The predicted octanol–water partition coefficient (Wildman–Crippen LogP) is 4.73. The van der Waals surface area contributed by atoms with Crippen LogP contribution < -0.4 is 0 Å². The molecule has 1 saturated carbocycles. The first-order valence-electron chi connectivity index (χ1n) is 10.8. The third kappa shape index (κ3) is 6.18. The second-order valence-corrected chi connectivity index (χ2v) is 9.68. The van der Waals surface area contributed by atoms with Gasteiger partial charge in [-0.2, -0.15) is 0 Å². The van der Waals surface area contributed by atoms with E-state index in [4.69, 9.17) is 9.47 Å². The lowest BCUT2D eigenvalue weighted by atomic mass is 9.54. The minimum atomic E-state index is -0.717. The molecule has 0 radical (unpaired) electrons. The molecule has 2 bridgehead atoms. The van der Waals surface area contributed by atoms with Gasteiger partial charge in [0.2, 0.25) is 0 Å². The molecule has 0 heterocycles. The van der Waals surface area contributed by atoms with Crippen molar-refractivity contribution in [3.8, 4) is 0 Å². The van der Waals surface area contributed by atoms with Crippen molar-refractivity contribution in [2.24, 2.45) is 17.3 Å². The molecule has 5 heteroatoms. The predicted molar refractivity (Wildman–Crippen MR) is 113 cm³/mol. The first-order chi connectivity index (χ1) is 13.4. The first-order valence-corrected chi connectivity index (χ1v) is 10.8. The summed E-state index contributed by atoms with van der Waals surface area (Å²) in [7, 11) is 0. The molecule has 0 spiro atoms. The van der Waals surface area contributed by atoms with Gasteiger partial charge in [0.05, 0.1) is 5.60 Å². The number of hydrogen-bond donors (Lipinski definition) is 1. The van der Waals surface area contributed by atoms with Crippen molar-refractivity contribution < 1.29 is 24.2 Å². The van der Waals surface area contributed by atoms with E-state index in [0.717, 1.165) is 43.3 Å². The number of fused-ring (bicyclic) bond motifs is 2.